The number of anilines is 1. The average Bonchev–Trinajstić information content (AvgIpc) is 3.18. The molecule has 1 aromatic carbocycles. The van der Waals surface area contributed by atoms with Crippen molar-refractivity contribution in [1.82, 2.24) is 20.0 Å². The molecule has 3 rings (SSSR count). The average molecular weight is 437 g/mol. The van der Waals surface area contributed by atoms with E-state index in [2.05, 4.69) is 20.4 Å². The van der Waals surface area contributed by atoms with Gasteiger partial charge >= 0.3 is 12.2 Å². The number of rotatable bonds is 8. The van der Waals surface area contributed by atoms with Gasteiger partial charge in [0.1, 0.15) is 5.75 Å². The van der Waals surface area contributed by atoms with Crippen molar-refractivity contribution >= 4 is 22.8 Å². The summed E-state index contributed by atoms with van der Waals surface area (Å²) in [5.74, 6) is 0.796. The van der Waals surface area contributed by atoms with Gasteiger partial charge in [0.05, 0.1) is 18.2 Å². The van der Waals surface area contributed by atoms with E-state index in [1.54, 1.807) is 7.05 Å². The molecular weight excluding hydrogens is 415 g/mol. The first-order valence-corrected chi connectivity index (χ1v) is 9.70. The summed E-state index contributed by atoms with van der Waals surface area (Å²) in [5, 5.41) is 5.75. The highest BCUT2D eigenvalue weighted by Crippen LogP contribution is 2.38. The highest BCUT2D eigenvalue weighted by atomic mass is 19.4. The molecule has 2 amide bonds. The van der Waals surface area contributed by atoms with Gasteiger partial charge in [-0.3, -0.25) is 10.3 Å². The second-order valence-electron chi connectivity index (χ2n) is 6.84. The number of amides is 2. The van der Waals surface area contributed by atoms with Crippen LogP contribution in [0.5, 0.6) is 5.75 Å². The molecule has 0 aliphatic rings. The maximum absolute atomic E-state index is 13.1. The predicted molar refractivity (Wildman–Crippen MR) is 107 cm³/mol. The number of hydrogen-bond donors (Lipinski definition) is 1. The van der Waals surface area contributed by atoms with Gasteiger partial charge in [0.15, 0.2) is 17.1 Å². The number of alkyl halides is 3. The normalized spacial score (nSPS) is 11.5. The Labute approximate surface area is 176 Å². The fourth-order valence-corrected chi connectivity index (χ4v) is 3.02. The molecule has 0 unspecified atom stereocenters. The summed E-state index contributed by atoms with van der Waals surface area (Å²) < 4.78 is 50.1. The van der Waals surface area contributed by atoms with Crippen LogP contribution in [-0.2, 0) is 12.6 Å². The van der Waals surface area contributed by atoms with Crippen LogP contribution in [0.25, 0.3) is 11.0 Å². The molecule has 0 aliphatic heterocycles. The summed E-state index contributed by atoms with van der Waals surface area (Å²) in [6.07, 6.45) is 1.52. The number of benzene rings is 1. The lowest BCUT2D eigenvalue weighted by molar-refractivity contribution is -0.141. The minimum atomic E-state index is -4.59. The maximum Gasteiger partial charge on any atom is 0.437 e. The molecule has 166 valence electrons. The lowest BCUT2D eigenvalue weighted by Crippen LogP contribution is -2.33. The molecule has 0 fully saturated rings. The van der Waals surface area contributed by atoms with E-state index in [0.717, 1.165) is 0 Å². The molecule has 8 nitrogen and oxygen atoms in total. The van der Waals surface area contributed by atoms with Crippen LogP contribution in [0.15, 0.2) is 35.2 Å². The molecule has 11 heteroatoms. The number of halogens is 3. The Kier molecular flexibility index (Phi) is 6.93. The third-order valence-corrected chi connectivity index (χ3v) is 4.51. The Balaban J connectivity index is 1.60. The monoisotopic (exact) mass is 437 g/mol. The molecule has 0 atom stereocenters. The number of hydrogen-bond acceptors (Lipinski definition) is 6. The van der Waals surface area contributed by atoms with Gasteiger partial charge in [0.2, 0.25) is 0 Å². The van der Waals surface area contributed by atoms with Crippen LogP contribution < -0.4 is 10.1 Å². The van der Waals surface area contributed by atoms with Crippen molar-refractivity contribution in [3.05, 3.63) is 42.0 Å². The Bertz CT molecular complexity index is 1020. The number of aryl methyl sites for hydroxylation is 1. The Morgan fingerprint density at radius 1 is 1.29 bits per heavy atom. The number of fused-ring (bicyclic) bond motifs is 1. The molecule has 2 aromatic heterocycles. The summed E-state index contributed by atoms with van der Waals surface area (Å²) in [7, 11) is 1.63. The van der Waals surface area contributed by atoms with E-state index in [-0.39, 0.29) is 23.6 Å². The zero-order valence-corrected chi connectivity index (χ0v) is 17.1. The molecule has 0 spiro atoms. The maximum atomic E-state index is 13.1. The number of carbonyl (C=O) groups excluding carboxylic acids is 1. The molecular formula is C20H22F3N5O3. The first-order valence-electron chi connectivity index (χ1n) is 9.70. The Morgan fingerprint density at radius 2 is 2.10 bits per heavy atom. The van der Waals surface area contributed by atoms with Crippen molar-refractivity contribution in [3.63, 3.8) is 0 Å². The number of carbonyl (C=O) groups is 1. The highest BCUT2D eigenvalue weighted by molar-refractivity contribution is 5.88. The summed E-state index contributed by atoms with van der Waals surface area (Å²) in [4.78, 5) is 21.5. The summed E-state index contributed by atoms with van der Waals surface area (Å²) >= 11 is 0. The van der Waals surface area contributed by atoms with Gasteiger partial charge in [0, 0.05) is 31.5 Å². The Morgan fingerprint density at radius 3 is 2.77 bits per heavy atom. The van der Waals surface area contributed by atoms with Gasteiger partial charge in [-0.25, -0.2) is 9.78 Å². The zero-order valence-electron chi connectivity index (χ0n) is 17.1. The van der Waals surface area contributed by atoms with Crippen LogP contribution in [-0.4, -0.2) is 46.3 Å². The molecule has 0 saturated heterocycles. The lowest BCUT2D eigenvalue weighted by atomic mass is 10.0. The van der Waals surface area contributed by atoms with E-state index in [1.807, 2.05) is 6.92 Å². The largest absolute Gasteiger partial charge is 0.493 e. The summed E-state index contributed by atoms with van der Waals surface area (Å²) in [6.45, 7) is 2.58. The van der Waals surface area contributed by atoms with Crippen molar-refractivity contribution in [2.24, 2.45) is 0 Å². The summed E-state index contributed by atoms with van der Waals surface area (Å²) in [5.41, 5.74) is -0.397. The molecule has 31 heavy (non-hydrogen) atoms. The third kappa shape index (κ3) is 5.41. The van der Waals surface area contributed by atoms with E-state index in [1.165, 1.54) is 35.6 Å². The van der Waals surface area contributed by atoms with Gasteiger partial charge in [-0.2, -0.15) is 13.2 Å². The van der Waals surface area contributed by atoms with Crippen molar-refractivity contribution in [3.8, 4) is 5.75 Å². The minimum absolute atomic E-state index is 0.0799. The van der Waals surface area contributed by atoms with Gasteiger partial charge < -0.3 is 14.2 Å². The predicted octanol–water partition coefficient (Wildman–Crippen LogP) is 4.52. The van der Waals surface area contributed by atoms with Crippen LogP contribution in [0, 0.1) is 0 Å². The molecule has 0 aliphatic carbocycles. The van der Waals surface area contributed by atoms with E-state index < -0.39 is 11.9 Å². The van der Waals surface area contributed by atoms with Crippen LogP contribution in [0.1, 0.15) is 31.0 Å². The van der Waals surface area contributed by atoms with E-state index in [0.29, 0.717) is 42.9 Å². The van der Waals surface area contributed by atoms with Crippen molar-refractivity contribution < 1.29 is 27.2 Å². The number of nitrogens with zero attached hydrogens (tertiary/aromatic N) is 4. The Hall–Kier alpha value is -3.37. The molecule has 1 N–H and O–H groups in total. The first kappa shape index (κ1) is 22.3. The van der Waals surface area contributed by atoms with Crippen LogP contribution in [0.3, 0.4) is 0 Å². The van der Waals surface area contributed by atoms with Crippen molar-refractivity contribution in [2.45, 2.75) is 32.4 Å². The number of nitrogens with one attached hydrogen (secondary N) is 1. The minimum Gasteiger partial charge on any atom is -0.493 e. The molecule has 0 radical (unpaired) electrons. The second-order valence-corrected chi connectivity index (χ2v) is 6.84. The summed E-state index contributed by atoms with van der Waals surface area (Å²) in [6, 6.07) is 2.48. The molecule has 2 heterocycles. The first-order chi connectivity index (χ1) is 14.8. The fraction of sp³-hybridized carbons (Fsp3) is 0.400. The van der Waals surface area contributed by atoms with E-state index in [9.17, 15) is 18.0 Å². The van der Waals surface area contributed by atoms with Gasteiger partial charge in [-0.1, -0.05) is 18.5 Å². The zero-order chi connectivity index (χ0) is 22.4. The fourth-order valence-electron chi connectivity index (χ4n) is 3.02. The standard InChI is InChI=1S/C20H22F3N5O3/c1-3-5-13-15(7-6-14-17(13)31-27-18(14)20(21,22)23)30-11-4-10-28(2)19(29)26-16-12-24-8-9-25-16/h6-9,12H,3-5,10-11H2,1-2H3,(H,25,26,29). The molecule has 0 saturated carbocycles. The quantitative estimate of drug-likeness (QED) is 0.521. The van der Waals surface area contributed by atoms with Crippen LogP contribution in [0.2, 0.25) is 0 Å². The lowest BCUT2D eigenvalue weighted by Gasteiger charge is -2.18. The highest BCUT2D eigenvalue weighted by Gasteiger charge is 2.37. The number of ether oxygens (including phenoxy) is 1. The van der Waals surface area contributed by atoms with Gasteiger partial charge in [-0.05, 0) is 25.0 Å². The topological polar surface area (TPSA) is 93.4 Å². The van der Waals surface area contributed by atoms with Crippen LogP contribution in [0.4, 0.5) is 23.8 Å². The SMILES string of the molecule is CCCc1c(OCCCN(C)C(=O)Nc2cnccn2)ccc2c(C(F)(F)F)noc12. The molecule has 3 aromatic rings. The second kappa shape index (κ2) is 9.63. The van der Waals surface area contributed by atoms with Crippen LogP contribution >= 0.6 is 0 Å². The van der Waals surface area contributed by atoms with Crippen molar-refractivity contribution in [1.29, 1.82) is 0 Å². The van der Waals surface area contributed by atoms with Gasteiger partial charge in [0.25, 0.3) is 0 Å². The van der Waals surface area contributed by atoms with Gasteiger partial charge in [-0.15, -0.1) is 0 Å². The van der Waals surface area contributed by atoms with Crippen molar-refractivity contribution in [2.75, 3.05) is 25.5 Å². The smallest absolute Gasteiger partial charge is 0.437 e. The third-order valence-electron chi connectivity index (χ3n) is 4.51. The van der Waals surface area contributed by atoms with E-state index in [4.69, 9.17) is 9.26 Å². The number of aromatic nitrogens is 3. The molecule has 0 bridgehead atoms. The number of urea groups is 1. The van der Waals surface area contributed by atoms with E-state index >= 15 is 0 Å².